The van der Waals surface area contributed by atoms with Crippen molar-refractivity contribution in [1.82, 2.24) is 10.1 Å². The summed E-state index contributed by atoms with van der Waals surface area (Å²) in [5, 5.41) is 13.8. The molecular weight excluding hydrogens is 258 g/mol. The van der Waals surface area contributed by atoms with Crippen LogP contribution >= 0.6 is 23.5 Å². The van der Waals surface area contributed by atoms with Crippen LogP contribution in [0.25, 0.3) is 0 Å². The maximum Gasteiger partial charge on any atom is 0.245 e. The zero-order valence-electron chi connectivity index (χ0n) is 9.70. The van der Waals surface area contributed by atoms with Gasteiger partial charge in [-0.15, -0.1) is 11.8 Å². The Labute approximate surface area is 109 Å². The van der Waals surface area contributed by atoms with Crippen LogP contribution in [0.4, 0.5) is 0 Å². The van der Waals surface area contributed by atoms with E-state index in [1.165, 1.54) is 5.75 Å². The molecule has 3 atom stereocenters. The smallest absolute Gasteiger partial charge is 0.245 e. The molecule has 0 bridgehead atoms. The van der Waals surface area contributed by atoms with Crippen LogP contribution in [-0.2, 0) is 0 Å². The van der Waals surface area contributed by atoms with E-state index in [1.54, 1.807) is 0 Å². The van der Waals surface area contributed by atoms with Crippen LogP contribution in [0.15, 0.2) is 4.52 Å². The van der Waals surface area contributed by atoms with Crippen molar-refractivity contribution in [2.75, 3.05) is 18.1 Å². The molecule has 3 N–H and O–H groups in total. The Bertz CT molecular complexity index is 361. The van der Waals surface area contributed by atoms with Crippen LogP contribution < -0.4 is 5.73 Å². The fourth-order valence-corrected chi connectivity index (χ4v) is 4.72. The van der Waals surface area contributed by atoms with Crippen molar-refractivity contribution in [2.45, 2.75) is 29.9 Å². The Hall–Kier alpha value is -0.240. The number of aliphatic hydroxyl groups is 1. The second-order valence-corrected chi connectivity index (χ2v) is 6.49. The molecule has 0 saturated carbocycles. The number of aromatic nitrogens is 2. The highest BCUT2D eigenvalue weighted by molar-refractivity contribution is 8.06. The molecule has 17 heavy (non-hydrogen) atoms. The van der Waals surface area contributed by atoms with Gasteiger partial charge in [-0.3, -0.25) is 0 Å². The van der Waals surface area contributed by atoms with Gasteiger partial charge in [-0.05, 0) is 6.42 Å². The lowest BCUT2D eigenvalue weighted by Crippen LogP contribution is -2.20. The lowest BCUT2D eigenvalue weighted by Gasteiger charge is -2.27. The standard InChI is InChI=1S/C10H17N3O2S2/c1-2-7-8(17-4-3-16-7)9-12-10(15-13-9)6(11)5-14/h6-8,14H,2-5,11H2,1H3/t6-,7?,8?/m1/s1. The fraction of sp³-hybridized carbons (Fsp3) is 0.800. The topological polar surface area (TPSA) is 85.2 Å². The van der Waals surface area contributed by atoms with Gasteiger partial charge in [0, 0.05) is 16.8 Å². The Balaban J connectivity index is 2.12. The Morgan fingerprint density at radius 2 is 2.29 bits per heavy atom. The van der Waals surface area contributed by atoms with Gasteiger partial charge in [-0.25, -0.2) is 0 Å². The maximum atomic E-state index is 8.94. The third kappa shape index (κ3) is 2.96. The van der Waals surface area contributed by atoms with E-state index < -0.39 is 6.04 Å². The summed E-state index contributed by atoms with van der Waals surface area (Å²) < 4.78 is 5.09. The molecule has 1 aliphatic rings. The average molecular weight is 275 g/mol. The number of hydrogen-bond donors (Lipinski definition) is 2. The summed E-state index contributed by atoms with van der Waals surface area (Å²) in [6.45, 7) is 2.00. The summed E-state index contributed by atoms with van der Waals surface area (Å²) in [5.74, 6) is 3.34. The van der Waals surface area contributed by atoms with Gasteiger partial charge in [-0.1, -0.05) is 12.1 Å². The monoisotopic (exact) mass is 275 g/mol. The van der Waals surface area contributed by atoms with Gasteiger partial charge in [0.25, 0.3) is 0 Å². The lowest BCUT2D eigenvalue weighted by atomic mass is 10.2. The number of nitrogens with zero attached hydrogens (tertiary/aromatic N) is 2. The molecule has 5 nitrogen and oxygen atoms in total. The summed E-state index contributed by atoms with van der Waals surface area (Å²) in [6.07, 6.45) is 1.10. The highest BCUT2D eigenvalue weighted by Gasteiger charge is 2.30. The first-order valence-electron chi connectivity index (χ1n) is 5.69. The van der Waals surface area contributed by atoms with Crippen LogP contribution in [0.2, 0.25) is 0 Å². The first kappa shape index (κ1) is 13.2. The highest BCUT2D eigenvalue weighted by Crippen LogP contribution is 2.42. The molecule has 1 aromatic heterocycles. The van der Waals surface area contributed by atoms with Crippen molar-refractivity contribution in [3.8, 4) is 0 Å². The van der Waals surface area contributed by atoms with Crippen LogP contribution in [0.1, 0.15) is 36.4 Å². The molecular formula is C10H17N3O2S2. The van der Waals surface area contributed by atoms with E-state index in [2.05, 4.69) is 17.1 Å². The number of hydrogen-bond acceptors (Lipinski definition) is 7. The third-order valence-corrected chi connectivity index (χ3v) is 5.92. The van der Waals surface area contributed by atoms with Crippen molar-refractivity contribution in [3.63, 3.8) is 0 Å². The molecule has 0 spiro atoms. The summed E-state index contributed by atoms with van der Waals surface area (Å²) in [6, 6.07) is -0.572. The van der Waals surface area contributed by atoms with E-state index in [9.17, 15) is 0 Å². The minimum atomic E-state index is -0.572. The predicted octanol–water partition coefficient (Wildman–Crippen LogP) is 1.36. The van der Waals surface area contributed by atoms with Gasteiger partial charge in [0.15, 0.2) is 5.82 Å². The van der Waals surface area contributed by atoms with E-state index in [0.29, 0.717) is 17.0 Å². The molecule has 1 fully saturated rings. The number of thioether (sulfide) groups is 2. The predicted molar refractivity (Wildman–Crippen MR) is 70.0 cm³/mol. The van der Waals surface area contributed by atoms with Gasteiger partial charge in [0.2, 0.25) is 5.89 Å². The Morgan fingerprint density at radius 1 is 1.53 bits per heavy atom. The molecule has 1 saturated heterocycles. The van der Waals surface area contributed by atoms with E-state index >= 15 is 0 Å². The molecule has 96 valence electrons. The Morgan fingerprint density at radius 3 is 3.00 bits per heavy atom. The molecule has 0 radical (unpaired) electrons. The first-order valence-corrected chi connectivity index (χ1v) is 7.79. The number of aliphatic hydroxyl groups excluding tert-OH is 1. The van der Waals surface area contributed by atoms with Crippen molar-refractivity contribution in [1.29, 1.82) is 0 Å². The second kappa shape index (κ2) is 6.08. The third-order valence-electron chi connectivity index (χ3n) is 2.68. The largest absolute Gasteiger partial charge is 0.394 e. The lowest BCUT2D eigenvalue weighted by molar-refractivity contribution is 0.236. The zero-order valence-corrected chi connectivity index (χ0v) is 11.3. The van der Waals surface area contributed by atoms with E-state index in [4.69, 9.17) is 15.4 Å². The maximum absolute atomic E-state index is 8.94. The van der Waals surface area contributed by atoms with Gasteiger partial charge in [0.1, 0.15) is 6.04 Å². The van der Waals surface area contributed by atoms with Crippen molar-refractivity contribution >= 4 is 23.5 Å². The number of nitrogens with two attached hydrogens (primary N) is 1. The molecule has 7 heteroatoms. The Kier molecular flexibility index (Phi) is 4.72. The minimum absolute atomic E-state index is 0.175. The van der Waals surface area contributed by atoms with Crippen LogP contribution in [-0.4, -0.2) is 38.6 Å². The number of rotatable bonds is 4. The summed E-state index contributed by atoms with van der Waals surface area (Å²) in [5.41, 5.74) is 5.65. The summed E-state index contributed by atoms with van der Waals surface area (Å²) in [4.78, 5) is 4.31. The van der Waals surface area contributed by atoms with Gasteiger partial charge >= 0.3 is 0 Å². The molecule has 2 heterocycles. The molecule has 0 aromatic carbocycles. The average Bonchev–Trinajstić information content (AvgIpc) is 2.87. The molecule has 1 aromatic rings. The fourth-order valence-electron chi connectivity index (χ4n) is 1.73. The molecule has 1 aliphatic heterocycles. The molecule has 0 aliphatic carbocycles. The highest BCUT2D eigenvalue weighted by atomic mass is 32.2. The van der Waals surface area contributed by atoms with E-state index in [-0.39, 0.29) is 11.9 Å². The van der Waals surface area contributed by atoms with Crippen LogP contribution in [0.5, 0.6) is 0 Å². The van der Waals surface area contributed by atoms with Gasteiger partial charge in [-0.2, -0.15) is 16.7 Å². The summed E-state index contributed by atoms with van der Waals surface area (Å²) in [7, 11) is 0. The van der Waals surface area contributed by atoms with Gasteiger partial charge < -0.3 is 15.4 Å². The normalized spacial score (nSPS) is 27.0. The molecule has 0 amide bonds. The second-order valence-electron chi connectivity index (χ2n) is 3.89. The van der Waals surface area contributed by atoms with E-state index in [0.717, 1.165) is 12.2 Å². The van der Waals surface area contributed by atoms with Crippen LogP contribution in [0, 0.1) is 0 Å². The van der Waals surface area contributed by atoms with Crippen molar-refractivity contribution < 1.29 is 9.63 Å². The van der Waals surface area contributed by atoms with Gasteiger partial charge in [0.05, 0.1) is 11.9 Å². The first-order chi connectivity index (χ1) is 8.26. The minimum Gasteiger partial charge on any atom is -0.394 e. The van der Waals surface area contributed by atoms with Crippen molar-refractivity contribution in [2.24, 2.45) is 5.73 Å². The van der Waals surface area contributed by atoms with Crippen LogP contribution in [0.3, 0.4) is 0 Å². The zero-order chi connectivity index (χ0) is 12.3. The molecule has 2 unspecified atom stereocenters. The molecule has 2 rings (SSSR count). The van der Waals surface area contributed by atoms with Crippen molar-refractivity contribution in [3.05, 3.63) is 11.7 Å². The van der Waals surface area contributed by atoms with E-state index in [1.807, 2.05) is 23.5 Å². The summed E-state index contributed by atoms with van der Waals surface area (Å²) >= 11 is 3.84. The quantitative estimate of drug-likeness (QED) is 0.858. The SMILES string of the molecule is CCC1SCCSC1c1noc([C@H](N)CO)n1.